The van der Waals surface area contributed by atoms with Crippen LogP contribution in [0.15, 0.2) is 30.3 Å². The summed E-state index contributed by atoms with van der Waals surface area (Å²) >= 11 is 0. The average Bonchev–Trinajstić information content (AvgIpc) is 3.17. The standard InChI is InChI=1S/C23H35N5O3/c1-23(2,3)16-25-19(15-30-13-17-8-6-5-7-9-17)21-27-26-20-12-18(10-11-28(20)21)14-31-22(29)24-4/h5-9,18-19,25H,10-16H2,1-4H3,(H,24,29)/t18?,19-/m1/s1. The molecule has 3 rings (SSSR count). The summed E-state index contributed by atoms with van der Waals surface area (Å²) in [5.41, 5.74) is 1.30. The molecule has 1 aromatic heterocycles. The Bertz CT molecular complexity index is 831. The van der Waals surface area contributed by atoms with Crippen LogP contribution in [0.25, 0.3) is 0 Å². The van der Waals surface area contributed by atoms with Crippen molar-refractivity contribution in [1.82, 2.24) is 25.4 Å². The minimum Gasteiger partial charge on any atom is -0.449 e. The number of alkyl carbamates (subject to hydrolysis) is 1. The third kappa shape index (κ3) is 7.04. The summed E-state index contributed by atoms with van der Waals surface area (Å²) in [4.78, 5) is 11.4. The number of fused-ring (bicyclic) bond motifs is 1. The van der Waals surface area contributed by atoms with Crippen LogP contribution in [0.4, 0.5) is 4.79 Å². The number of amides is 1. The van der Waals surface area contributed by atoms with Gasteiger partial charge in [-0.15, -0.1) is 10.2 Å². The number of hydrogen-bond donors (Lipinski definition) is 2. The highest BCUT2D eigenvalue weighted by molar-refractivity contribution is 5.66. The van der Waals surface area contributed by atoms with Crippen LogP contribution in [-0.4, -0.2) is 47.7 Å². The fourth-order valence-electron chi connectivity index (χ4n) is 3.60. The molecule has 0 radical (unpaired) electrons. The summed E-state index contributed by atoms with van der Waals surface area (Å²) in [6, 6.07) is 10.1. The SMILES string of the molecule is CNC(=O)OCC1CCn2c(nnc2[C@@H](COCc2ccccc2)NCC(C)(C)C)C1. The van der Waals surface area contributed by atoms with Gasteiger partial charge in [0.1, 0.15) is 5.82 Å². The van der Waals surface area contributed by atoms with Crippen molar-refractivity contribution < 1.29 is 14.3 Å². The number of rotatable bonds is 9. The van der Waals surface area contributed by atoms with Crippen LogP contribution < -0.4 is 10.6 Å². The number of nitrogens with zero attached hydrogens (tertiary/aromatic N) is 3. The molecule has 31 heavy (non-hydrogen) atoms. The van der Waals surface area contributed by atoms with Gasteiger partial charge in [-0.1, -0.05) is 51.1 Å². The number of hydrogen-bond acceptors (Lipinski definition) is 6. The lowest BCUT2D eigenvalue weighted by atomic mass is 9.96. The lowest BCUT2D eigenvalue weighted by Gasteiger charge is -2.27. The quantitative estimate of drug-likeness (QED) is 0.637. The number of ether oxygens (including phenoxy) is 2. The van der Waals surface area contributed by atoms with Crippen molar-refractivity contribution in [2.45, 2.75) is 52.8 Å². The first-order valence-electron chi connectivity index (χ1n) is 11.0. The van der Waals surface area contributed by atoms with E-state index in [0.29, 0.717) is 19.8 Å². The Labute approximate surface area is 184 Å². The van der Waals surface area contributed by atoms with Gasteiger partial charge < -0.3 is 24.7 Å². The highest BCUT2D eigenvalue weighted by Gasteiger charge is 2.28. The molecule has 1 amide bonds. The Morgan fingerprint density at radius 1 is 1.26 bits per heavy atom. The molecule has 2 aromatic rings. The summed E-state index contributed by atoms with van der Waals surface area (Å²) in [5.74, 6) is 2.12. The largest absolute Gasteiger partial charge is 0.449 e. The molecule has 8 nitrogen and oxygen atoms in total. The van der Waals surface area contributed by atoms with E-state index in [9.17, 15) is 4.79 Å². The van der Waals surface area contributed by atoms with Crippen LogP contribution in [0.5, 0.6) is 0 Å². The number of benzene rings is 1. The van der Waals surface area contributed by atoms with Gasteiger partial charge >= 0.3 is 6.09 Å². The molecule has 2 atom stereocenters. The van der Waals surface area contributed by atoms with Crippen molar-refractivity contribution in [3.05, 3.63) is 47.5 Å². The van der Waals surface area contributed by atoms with E-state index >= 15 is 0 Å². The van der Waals surface area contributed by atoms with Crippen LogP contribution in [0.3, 0.4) is 0 Å². The van der Waals surface area contributed by atoms with Gasteiger partial charge in [0.05, 0.1) is 25.9 Å². The minimum absolute atomic E-state index is 0.0390. The molecule has 1 aromatic carbocycles. The van der Waals surface area contributed by atoms with Crippen molar-refractivity contribution in [2.75, 3.05) is 26.8 Å². The highest BCUT2D eigenvalue weighted by Crippen LogP contribution is 2.24. The maximum atomic E-state index is 11.4. The maximum absolute atomic E-state index is 11.4. The van der Waals surface area contributed by atoms with Crippen LogP contribution in [-0.2, 0) is 29.0 Å². The molecule has 170 valence electrons. The maximum Gasteiger partial charge on any atom is 0.406 e. The van der Waals surface area contributed by atoms with Crippen molar-refractivity contribution in [3.8, 4) is 0 Å². The van der Waals surface area contributed by atoms with Gasteiger partial charge in [0.25, 0.3) is 0 Å². The van der Waals surface area contributed by atoms with Crippen molar-refractivity contribution in [3.63, 3.8) is 0 Å². The second kappa shape index (κ2) is 10.7. The zero-order chi connectivity index (χ0) is 22.3. The molecule has 0 saturated carbocycles. The van der Waals surface area contributed by atoms with Crippen molar-refractivity contribution >= 4 is 6.09 Å². The van der Waals surface area contributed by atoms with Gasteiger partial charge in [-0.2, -0.15) is 0 Å². The fourth-order valence-corrected chi connectivity index (χ4v) is 3.60. The third-order valence-electron chi connectivity index (χ3n) is 5.33. The third-order valence-corrected chi connectivity index (χ3v) is 5.33. The number of nitrogens with one attached hydrogen (secondary N) is 2. The molecule has 0 spiro atoms. The molecule has 8 heteroatoms. The van der Waals surface area contributed by atoms with Crippen LogP contribution in [0, 0.1) is 11.3 Å². The highest BCUT2D eigenvalue weighted by atomic mass is 16.5. The van der Waals surface area contributed by atoms with Gasteiger partial charge in [-0.25, -0.2) is 4.79 Å². The summed E-state index contributed by atoms with van der Waals surface area (Å²) < 4.78 is 13.5. The lowest BCUT2D eigenvalue weighted by Crippen LogP contribution is -2.35. The van der Waals surface area contributed by atoms with E-state index in [1.165, 1.54) is 0 Å². The van der Waals surface area contributed by atoms with E-state index in [1.807, 2.05) is 18.2 Å². The Morgan fingerprint density at radius 2 is 2.03 bits per heavy atom. The molecule has 2 heterocycles. The van der Waals surface area contributed by atoms with E-state index in [2.05, 4.69) is 58.3 Å². The molecule has 1 aliphatic rings. The average molecular weight is 430 g/mol. The first-order chi connectivity index (χ1) is 14.9. The van der Waals surface area contributed by atoms with E-state index in [-0.39, 0.29) is 17.4 Å². The zero-order valence-electron chi connectivity index (χ0n) is 19.1. The van der Waals surface area contributed by atoms with Gasteiger partial charge in [-0.05, 0) is 17.4 Å². The van der Waals surface area contributed by atoms with E-state index in [4.69, 9.17) is 9.47 Å². The molecule has 2 N–H and O–H groups in total. The molecule has 0 saturated heterocycles. The molecule has 0 aliphatic carbocycles. The molecular formula is C23H35N5O3. The molecule has 0 fully saturated rings. The van der Waals surface area contributed by atoms with Crippen molar-refractivity contribution in [2.24, 2.45) is 11.3 Å². The summed E-state index contributed by atoms with van der Waals surface area (Å²) in [7, 11) is 1.57. The first-order valence-corrected chi connectivity index (χ1v) is 11.0. The number of carbonyl (C=O) groups excluding carboxylic acids is 1. The fraction of sp³-hybridized carbons (Fsp3) is 0.609. The second-order valence-electron chi connectivity index (χ2n) is 9.33. The van der Waals surface area contributed by atoms with E-state index in [1.54, 1.807) is 7.05 Å². The molecule has 1 unspecified atom stereocenters. The number of carbonyl (C=O) groups is 1. The van der Waals surface area contributed by atoms with E-state index < -0.39 is 6.09 Å². The summed E-state index contributed by atoms with van der Waals surface area (Å²) in [5, 5.41) is 15.1. The van der Waals surface area contributed by atoms with Crippen LogP contribution in [0.1, 0.15) is 50.4 Å². The first kappa shape index (κ1) is 23.2. The predicted octanol–water partition coefficient (Wildman–Crippen LogP) is 3.09. The van der Waals surface area contributed by atoms with Crippen LogP contribution in [0.2, 0.25) is 0 Å². The summed E-state index contributed by atoms with van der Waals surface area (Å²) in [6.45, 7) is 9.76. The van der Waals surface area contributed by atoms with Crippen LogP contribution >= 0.6 is 0 Å². The Hall–Kier alpha value is -2.45. The Kier molecular flexibility index (Phi) is 8.03. The molecule has 0 bridgehead atoms. The molecule has 1 aliphatic heterocycles. The normalized spacial score (nSPS) is 17.1. The number of aromatic nitrogens is 3. The van der Waals surface area contributed by atoms with Crippen molar-refractivity contribution in [1.29, 1.82) is 0 Å². The Balaban J connectivity index is 1.65. The van der Waals surface area contributed by atoms with Gasteiger partial charge in [0, 0.05) is 32.5 Å². The minimum atomic E-state index is -0.394. The Morgan fingerprint density at radius 3 is 2.74 bits per heavy atom. The lowest BCUT2D eigenvalue weighted by molar-refractivity contribution is 0.0913. The predicted molar refractivity (Wildman–Crippen MR) is 119 cm³/mol. The smallest absolute Gasteiger partial charge is 0.406 e. The van der Waals surface area contributed by atoms with E-state index in [0.717, 1.165) is 43.1 Å². The van der Waals surface area contributed by atoms with Gasteiger partial charge in [0.15, 0.2) is 5.82 Å². The second-order valence-corrected chi connectivity index (χ2v) is 9.33. The van der Waals surface area contributed by atoms with Gasteiger partial charge in [0.2, 0.25) is 0 Å². The zero-order valence-corrected chi connectivity index (χ0v) is 19.1. The van der Waals surface area contributed by atoms with Gasteiger partial charge in [-0.3, -0.25) is 0 Å². The molecular weight excluding hydrogens is 394 g/mol. The summed E-state index contributed by atoms with van der Waals surface area (Å²) in [6.07, 6.45) is 1.28. The monoisotopic (exact) mass is 429 g/mol. The topological polar surface area (TPSA) is 90.3 Å².